The molecule has 0 saturated heterocycles. The van der Waals surface area contributed by atoms with Crippen LogP contribution in [0.3, 0.4) is 0 Å². The summed E-state index contributed by atoms with van der Waals surface area (Å²) in [5, 5.41) is 0. The zero-order valence-corrected chi connectivity index (χ0v) is 12.3. The molecular weight excluding hydrogens is 351 g/mol. The van der Waals surface area contributed by atoms with Crippen LogP contribution in [0.15, 0.2) is 21.8 Å². The number of aromatic nitrogens is 1. The van der Waals surface area contributed by atoms with Crippen LogP contribution in [0.1, 0.15) is 13.3 Å². The molecule has 4 nitrogen and oxygen atoms in total. The zero-order chi connectivity index (χ0) is 14.7. The fraction of sp³-hybridized carbons (Fsp3) is 0.500. The smallest absolute Gasteiger partial charge is 0.422 e. The predicted molar refractivity (Wildman–Crippen MR) is 65.8 cm³/mol. The third kappa shape index (κ3) is 4.98. The molecule has 0 aromatic carbocycles. The summed E-state index contributed by atoms with van der Waals surface area (Å²) >= 11 is 2.91. The van der Waals surface area contributed by atoms with Crippen LogP contribution in [-0.4, -0.2) is 31.9 Å². The van der Waals surface area contributed by atoms with Crippen molar-refractivity contribution in [2.24, 2.45) is 0 Å². The molecule has 0 aliphatic heterocycles. The summed E-state index contributed by atoms with van der Waals surface area (Å²) in [7, 11) is -3.55. The van der Waals surface area contributed by atoms with Crippen molar-refractivity contribution in [1.29, 1.82) is 0 Å². The fourth-order valence-electron chi connectivity index (χ4n) is 1.23. The van der Waals surface area contributed by atoms with Gasteiger partial charge in [-0.05, 0) is 22.4 Å². The average molecular weight is 362 g/mol. The van der Waals surface area contributed by atoms with Crippen molar-refractivity contribution >= 4 is 25.8 Å². The van der Waals surface area contributed by atoms with Gasteiger partial charge in [-0.25, -0.2) is 13.4 Å². The number of hydrogen-bond donors (Lipinski definition) is 0. The second-order valence-electron chi connectivity index (χ2n) is 3.68. The lowest BCUT2D eigenvalue weighted by atomic mass is 10.4. The van der Waals surface area contributed by atoms with Crippen molar-refractivity contribution in [3.05, 3.63) is 16.9 Å². The molecule has 0 fully saturated rings. The molecule has 0 saturated carbocycles. The molecule has 0 N–H and O–H groups in total. The number of ether oxygens (including phenoxy) is 1. The van der Waals surface area contributed by atoms with Gasteiger partial charge in [0, 0.05) is 12.3 Å². The van der Waals surface area contributed by atoms with Crippen molar-refractivity contribution in [3.63, 3.8) is 0 Å². The highest BCUT2D eigenvalue weighted by molar-refractivity contribution is 9.10. The van der Waals surface area contributed by atoms with E-state index in [-0.39, 0.29) is 21.0 Å². The Hall–Kier alpha value is -0.830. The largest absolute Gasteiger partial charge is 0.481 e. The van der Waals surface area contributed by atoms with Crippen molar-refractivity contribution < 1.29 is 26.3 Å². The number of alkyl halides is 3. The molecule has 0 aliphatic carbocycles. The Morgan fingerprint density at radius 2 is 2.05 bits per heavy atom. The summed E-state index contributed by atoms with van der Waals surface area (Å²) in [6.45, 7) is 0.176. The van der Waals surface area contributed by atoms with Gasteiger partial charge in [0.05, 0.1) is 10.6 Å². The van der Waals surface area contributed by atoms with Gasteiger partial charge >= 0.3 is 6.18 Å². The summed E-state index contributed by atoms with van der Waals surface area (Å²) in [5.41, 5.74) is 0. The maximum absolute atomic E-state index is 12.0. The summed E-state index contributed by atoms with van der Waals surface area (Å²) in [4.78, 5) is 3.52. The molecule has 19 heavy (non-hydrogen) atoms. The molecule has 0 aliphatic rings. The van der Waals surface area contributed by atoms with Crippen LogP contribution in [0.25, 0.3) is 0 Å². The van der Waals surface area contributed by atoms with E-state index in [4.69, 9.17) is 0 Å². The van der Waals surface area contributed by atoms with E-state index in [9.17, 15) is 21.6 Å². The molecule has 1 rings (SSSR count). The van der Waals surface area contributed by atoms with Crippen LogP contribution >= 0.6 is 15.9 Å². The number of nitrogens with zero attached hydrogens (tertiary/aromatic N) is 1. The summed E-state index contributed by atoms with van der Waals surface area (Å²) in [5.74, 6) is -0.357. The van der Waals surface area contributed by atoms with Crippen LogP contribution in [0.4, 0.5) is 13.2 Å². The Kier molecular flexibility index (Phi) is 5.19. The highest BCUT2D eigenvalue weighted by Crippen LogP contribution is 2.28. The molecule has 1 aromatic heterocycles. The number of pyridine rings is 1. The minimum Gasteiger partial charge on any atom is -0.481 e. The standard InChI is InChI=1S/C10H11BrF3NO3S/c1-2-3-19(16,17)7-4-8(9(11)15-5-7)18-6-10(12,13)14/h4-5H,2-3,6H2,1H3. The first-order valence-corrected chi connectivity index (χ1v) is 7.68. The lowest BCUT2D eigenvalue weighted by Gasteiger charge is -2.11. The number of rotatable bonds is 5. The zero-order valence-electron chi connectivity index (χ0n) is 9.87. The Labute approximate surface area is 117 Å². The number of halogens is 4. The quantitative estimate of drug-likeness (QED) is 0.756. The minimum absolute atomic E-state index is 0.0206. The summed E-state index contributed by atoms with van der Waals surface area (Å²) < 4.78 is 64.2. The molecule has 0 amide bonds. The normalized spacial score (nSPS) is 12.5. The maximum Gasteiger partial charge on any atom is 0.422 e. The van der Waals surface area contributed by atoms with Crippen LogP contribution in [0.5, 0.6) is 5.75 Å². The van der Waals surface area contributed by atoms with Gasteiger partial charge in [0.1, 0.15) is 4.60 Å². The van der Waals surface area contributed by atoms with Crippen LogP contribution in [0.2, 0.25) is 0 Å². The van der Waals surface area contributed by atoms with Crippen LogP contribution in [0, 0.1) is 0 Å². The molecule has 0 radical (unpaired) electrons. The van der Waals surface area contributed by atoms with Crippen molar-refractivity contribution in [1.82, 2.24) is 4.98 Å². The van der Waals surface area contributed by atoms with Crippen molar-refractivity contribution in [3.8, 4) is 5.75 Å². The SMILES string of the molecule is CCCS(=O)(=O)c1cnc(Br)c(OCC(F)(F)F)c1. The first-order valence-electron chi connectivity index (χ1n) is 5.23. The summed E-state index contributed by atoms with van der Waals surface area (Å²) in [6, 6.07) is 1.04. The Morgan fingerprint density at radius 3 is 2.58 bits per heavy atom. The highest BCUT2D eigenvalue weighted by Gasteiger charge is 2.29. The van der Waals surface area contributed by atoms with Gasteiger partial charge in [-0.3, -0.25) is 0 Å². The second-order valence-corrected chi connectivity index (χ2v) is 6.54. The first-order chi connectivity index (χ1) is 8.65. The van der Waals surface area contributed by atoms with E-state index >= 15 is 0 Å². The molecule has 1 heterocycles. The molecule has 0 bridgehead atoms. The topological polar surface area (TPSA) is 56.3 Å². The van der Waals surface area contributed by atoms with E-state index in [2.05, 4.69) is 25.7 Å². The van der Waals surface area contributed by atoms with Gasteiger partial charge in [0.2, 0.25) is 0 Å². The fourth-order valence-corrected chi connectivity index (χ4v) is 2.83. The third-order valence-electron chi connectivity index (χ3n) is 2.01. The molecule has 0 atom stereocenters. The van der Waals surface area contributed by atoms with Gasteiger partial charge in [0.15, 0.2) is 22.2 Å². The Bertz CT molecular complexity index is 545. The third-order valence-corrected chi connectivity index (χ3v) is 4.49. The molecular formula is C10H11BrF3NO3S. The number of sulfone groups is 1. The van der Waals surface area contributed by atoms with E-state index in [1.807, 2.05) is 0 Å². The maximum atomic E-state index is 12.0. The van der Waals surface area contributed by atoms with E-state index in [0.29, 0.717) is 6.42 Å². The van der Waals surface area contributed by atoms with Crippen LogP contribution in [-0.2, 0) is 9.84 Å². The average Bonchev–Trinajstić information content (AvgIpc) is 2.26. The van der Waals surface area contributed by atoms with E-state index in [0.717, 1.165) is 12.3 Å². The van der Waals surface area contributed by atoms with Gasteiger partial charge < -0.3 is 4.74 Å². The molecule has 0 unspecified atom stereocenters. The van der Waals surface area contributed by atoms with Gasteiger partial charge in [0.25, 0.3) is 0 Å². The summed E-state index contributed by atoms with van der Waals surface area (Å²) in [6.07, 6.45) is -3.02. The van der Waals surface area contributed by atoms with E-state index in [1.54, 1.807) is 6.92 Å². The van der Waals surface area contributed by atoms with Gasteiger partial charge in [-0.1, -0.05) is 6.92 Å². The molecule has 108 valence electrons. The van der Waals surface area contributed by atoms with E-state index in [1.165, 1.54) is 0 Å². The molecule has 1 aromatic rings. The van der Waals surface area contributed by atoms with Crippen LogP contribution < -0.4 is 4.74 Å². The van der Waals surface area contributed by atoms with Gasteiger partial charge in [-0.2, -0.15) is 13.2 Å². The van der Waals surface area contributed by atoms with Crippen molar-refractivity contribution in [2.75, 3.05) is 12.4 Å². The Balaban J connectivity index is 3.01. The van der Waals surface area contributed by atoms with E-state index < -0.39 is 22.6 Å². The molecule has 9 heteroatoms. The molecule has 0 spiro atoms. The lowest BCUT2D eigenvalue weighted by Crippen LogP contribution is -2.19. The van der Waals surface area contributed by atoms with Gasteiger partial charge in [-0.15, -0.1) is 0 Å². The highest BCUT2D eigenvalue weighted by atomic mass is 79.9. The second kappa shape index (κ2) is 6.08. The van der Waals surface area contributed by atoms with Crippen molar-refractivity contribution in [2.45, 2.75) is 24.4 Å². The predicted octanol–water partition coefficient (Wildman–Crippen LogP) is 2.97. The first kappa shape index (κ1) is 16.2. The monoisotopic (exact) mass is 361 g/mol. The lowest BCUT2D eigenvalue weighted by molar-refractivity contribution is -0.153. The Morgan fingerprint density at radius 1 is 1.42 bits per heavy atom. The number of hydrogen-bond acceptors (Lipinski definition) is 4. The minimum atomic E-state index is -4.50.